The normalized spacial score (nSPS) is 18.7. The molecular formula is C23H25FN4OS. The number of thiocarbonyl (C=S) groups is 1. The van der Waals surface area contributed by atoms with Crippen LogP contribution in [-0.2, 0) is 0 Å². The van der Waals surface area contributed by atoms with Gasteiger partial charge in [0.05, 0.1) is 17.8 Å². The van der Waals surface area contributed by atoms with Crippen molar-refractivity contribution in [2.75, 3.05) is 13.2 Å². The smallest absolute Gasteiger partial charge is 0.170 e. The maximum absolute atomic E-state index is 13.4. The number of nitrogens with zero attached hydrogens (tertiary/aromatic N) is 3. The summed E-state index contributed by atoms with van der Waals surface area (Å²) in [6, 6.07) is 14.4. The molecule has 1 saturated heterocycles. The van der Waals surface area contributed by atoms with Gasteiger partial charge < -0.3 is 19.9 Å². The topological polar surface area (TPSA) is 53.3 Å². The third-order valence-corrected chi connectivity index (χ3v) is 5.98. The molecule has 1 aliphatic rings. The van der Waals surface area contributed by atoms with Crippen molar-refractivity contribution >= 4 is 17.3 Å². The Balaban J connectivity index is 1.81. The average molecular weight is 425 g/mol. The minimum Gasteiger partial charge on any atom is -0.396 e. The van der Waals surface area contributed by atoms with Gasteiger partial charge >= 0.3 is 0 Å². The minimum absolute atomic E-state index is 0.0562. The second kappa shape index (κ2) is 8.53. The van der Waals surface area contributed by atoms with E-state index in [0.29, 0.717) is 18.1 Å². The van der Waals surface area contributed by atoms with Crippen molar-refractivity contribution in [1.29, 1.82) is 0 Å². The molecule has 1 fully saturated rings. The molecule has 3 heterocycles. The van der Waals surface area contributed by atoms with Gasteiger partial charge in [-0.25, -0.2) is 4.39 Å². The van der Waals surface area contributed by atoms with Gasteiger partial charge in [0.15, 0.2) is 5.11 Å². The van der Waals surface area contributed by atoms with Gasteiger partial charge in [-0.3, -0.25) is 4.98 Å². The van der Waals surface area contributed by atoms with E-state index in [2.05, 4.69) is 32.8 Å². The lowest BCUT2D eigenvalue weighted by atomic mass is 9.96. The zero-order valence-electron chi connectivity index (χ0n) is 17.0. The fourth-order valence-corrected chi connectivity index (χ4v) is 4.63. The quantitative estimate of drug-likeness (QED) is 0.586. The van der Waals surface area contributed by atoms with Crippen LogP contribution in [0.1, 0.15) is 41.1 Å². The van der Waals surface area contributed by atoms with Gasteiger partial charge in [-0.2, -0.15) is 0 Å². The second-order valence-corrected chi connectivity index (χ2v) is 7.92. The number of benzene rings is 1. The fraction of sp³-hybridized carbons (Fsp3) is 0.304. The van der Waals surface area contributed by atoms with Crippen LogP contribution in [0.2, 0.25) is 0 Å². The molecular weight excluding hydrogens is 399 g/mol. The van der Waals surface area contributed by atoms with Gasteiger partial charge in [-0.05, 0) is 80.5 Å². The summed E-state index contributed by atoms with van der Waals surface area (Å²) in [6.07, 6.45) is 2.42. The van der Waals surface area contributed by atoms with Crippen LogP contribution in [-0.4, -0.2) is 37.8 Å². The maximum Gasteiger partial charge on any atom is 0.170 e. The Morgan fingerprint density at radius 3 is 2.60 bits per heavy atom. The number of aliphatic hydroxyl groups excluding tert-OH is 1. The highest BCUT2D eigenvalue weighted by Gasteiger charge is 2.41. The van der Waals surface area contributed by atoms with Crippen LogP contribution in [0.3, 0.4) is 0 Å². The zero-order valence-corrected chi connectivity index (χ0v) is 17.9. The van der Waals surface area contributed by atoms with Crippen molar-refractivity contribution < 1.29 is 9.50 Å². The summed E-state index contributed by atoms with van der Waals surface area (Å²) in [4.78, 5) is 6.71. The van der Waals surface area contributed by atoms with Crippen molar-refractivity contribution in [3.05, 3.63) is 83.2 Å². The van der Waals surface area contributed by atoms with E-state index in [0.717, 1.165) is 28.3 Å². The number of halogens is 1. The van der Waals surface area contributed by atoms with Gasteiger partial charge in [0.1, 0.15) is 5.82 Å². The molecule has 2 atom stereocenters. The van der Waals surface area contributed by atoms with Gasteiger partial charge in [-0.1, -0.05) is 6.07 Å². The van der Waals surface area contributed by atoms with Gasteiger partial charge in [-0.15, -0.1) is 0 Å². The lowest BCUT2D eigenvalue weighted by Gasteiger charge is -2.28. The molecule has 7 heteroatoms. The van der Waals surface area contributed by atoms with E-state index in [9.17, 15) is 9.50 Å². The van der Waals surface area contributed by atoms with Gasteiger partial charge in [0.2, 0.25) is 0 Å². The van der Waals surface area contributed by atoms with E-state index >= 15 is 0 Å². The highest BCUT2D eigenvalue weighted by molar-refractivity contribution is 7.80. The van der Waals surface area contributed by atoms with Crippen LogP contribution in [0.5, 0.6) is 0 Å². The first-order chi connectivity index (χ1) is 14.5. The molecule has 0 saturated carbocycles. The first-order valence-corrected chi connectivity index (χ1v) is 10.5. The van der Waals surface area contributed by atoms with E-state index in [1.54, 1.807) is 18.3 Å². The summed E-state index contributed by atoms with van der Waals surface area (Å²) in [5.41, 5.74) is 5.11. The number of pyridine rings is 1. The average Bonchev–Trinajstić information content (AvgIpc) is 3.23. The summed E-state index contributed by atoms with van der Waals surface area (Å²) in [7, 11) is 0. The Kier molecular flexibility index (Phi) is 5.83. The summed E-state index contributed by atoms with van der Waals surface area (Å²) in [5, 5.41) is 13.5. The molecule has 2 N–H and O–H groups in total. The largest absolute Gasteiger partial charge is 0.396 e. The van der Waals surface area contributed by atoms with Crippen LogP contribution < -0.4 is 5.32 Å². The molecule has 4 rings (SSSR count). The molecule has 0 bridgehead atoms. The lowest BCUT2D eigenvalue weighted by molar-refractivity contribution is 0.247. The summed E-state index contributed by atoms with van der Waals surface area (Å²) >= 11 is 5.66. The predicted octanol–water partition coefficient (Wildman–Crippen LogP) is 3.98. The Bertz CT molecular complexity index is 1040. The molecule has 1 aromatic carbocycles. The highest BCUT2D eigenvalue weighted by atomic mass is 32.1. The first-order valence-electron chi connectivity index (χ1n) is 10.0. The maximum atomic E-state index is 13.4. The molecule has 3 aromatic rings. The SMILES string of the molecule is Cc1cc([C@@H]2[C@@H](c3ccccn3)NC(=S)N2CCCO)c(C)n1-c1ccc(F)cc1. The van der Waals surface area contributed by atoms with E-state index in [1.807, 2.05) is 25.1 Å². The summed E-state index contributed by atoms with van der Waals surface area (Å²) in [6.45, 7) is 4.88. The third kappa shape index (κ3) is 3.70. The molecule has 0 amide bonds. The number of nitrogens with one attached hydrogen (secondary N) is 1. The monoisotopic (exact) mass is 424 g/mol. The number of rotatable bonds is 6. The summed E-state index contributed by atoms with van der Waals surface area (Å²) in [5.74, 6) is -0.253. The Labute approximate surface area is 181 Å². The van der Waals surface area contributed by atoms with Crippen LogP contribution in [0, 0.1) is 19.7 Å². The highest BCUT2D eigenvalue weighted by Crippen LogP contribution is 2.41. The molecule has 0 radical (unpaired) electrons. The molecule has 0 unspecified atom stereocenters. The van der Waals surface area contributed by atoms with Crippen molar-refractivity contribution in [3.63, 3.8) is 0 Å². The molecule has 0 spiro atoms. The number of hydrogen-bond donors (Lipinski definition) is 2. The standard InChI is InChI=1S/C23H25FN4OS/c1-15-14-19(16(2)28(15)18-9-7-17(24)8-10-18)22-21(20-6-3-4-11-25-20)26-23(30)27(22)12-5-13-29/h3-4,6-11,14,21-22,29H,5,12-13H2,1-2H3,(H,26,30)/t21-,22-/m1/s1. The molecule has 0 aliphatic carbocycles. The zero-order chi connectivity index (χ0) is 21.3. The van der Waals surface area contributed by atoms with E-state index in [1.165, 1.54) is 12.1 Å². The Hall–Kier alpha value is -2.77. The van der Waals surface area contributed by atoms with Crippen LogP contribution in [0.4, 0.5) is 4.39 Å². The van der Waals surface area contributed by atoms with Crippen molar-refractivity contribution in [2.45, 2.75) is 32.4 Å². The first kappa shape index (κ1) is 20.5. The molecule has 1 aliphatic heterocycles. The van der Waals surface area contributed by atoms with Gasteiger partial charge in [0.25, 0.3) is 0 Å². The number of aryl methyl sites for hydroxylation is 1. The van der Waals surface area contributed by atoms with Crippen LogP contribution in [0.15, 0.2) is 54.7 Å². The van der Waals surface area contributed by atoms with Crippen LogP contribution in [0.25, 0.3) is 5.69 Å². The molecule has 30 heavy (non-hydrogen) atoms. The number of hydrogen-bond acceptors (Lipinski definition) is 3. The van der Waals surface area contributed by atoms with Crippen LogP contribution >= 0.6 is 12.2 Å². The van der Waals surface area contributed by atoms with Crippen molar-refractivity contribution in [2.24, 2.45) is 0 Å². The third-order valence-electron chi connectivity index (χ3n) is 5.63. The lowest BCUT2D eigenvalue weighted by Crippen LogP contribution is -2.31. The predicted molar refractivity (Wildman–Crippen MR) is 119 cm³/mol. The van der Waals surface area contributed by atoms with E-state index in [4.69, 9.17) is 12.2 Å². The minimum atomic E-state index is -0.253. The fourth-order valence-electron chi connectivity index (χ4n) is 4.30. The van der Waals surface area contributed by atoms with Gasteiger partial charge in [0, 0.05) is 36.4 Å². The molecule has 2 aromatic heterocycles. The Morgan fingerprint density at radius 2 is 1.93 bits per heavy atom. The number of aliphatic hydroxyl groups is 1. The number of aromatic nitrogens is 2. The van der Waals surface area contributed by atoms with Crippen molar-refractivity contribution in [3.8, 4) is 5.69 Å². The Morgan fingerprint density at radius 1 is 1.17 bits per heavy atom. The summed E-state index contributed by atoms with van der Waals surface area (Å²) < 4.78 is 15.6. The second-order valence-electron chi connectivity index (χ2n) is 7.54. The molecule has 156 valence electrons. The van der Waals surface area contributed by atoms with E-state index in [-0.39, 0.29) is 24.5 Å². The molecule has 5 nitrogen and oxygen atoms in total. The van der Waals surface area contributed by atoms with Crippen molar-refractivity contribution in [1.82, 2.24) is 19.8 Å². The van der Waals surface area contributed by atoms with E-state index < -0.39 is 0 Å².